The van der Waals surface area contributed by atoms with E-state index in [2.05, 4.69) is 6.92 Å². The summed E-state index contributed by atoms with van der Waals surface area (Å²) in [6.45, 7) is 3.31. The van der Waals surface area contributed by atoms with Gasteiger partial charge in [0.15, 0.2) is 0 Å². The van der Waals surface area contributed by atoms with E-state index in [1.165, 1.54) is 19.3 Å². The Morgan fingerprint density at radius 3 is 2.53 bits per heavy atom. The summed E-state index contributed by atoms with van der Waals surface area (Å²) in [7, 11) is -3.41. The number of ether oxygens (including phenoxy) is 2. The van der Waals surface area contributed by atoms with Crippen LogP contribution in [0.4, 0.5) is 0 Å². The van der Waals surface area contributed by atoms with Gasteiger partial charge in [0.25, 0.3) is 0 Å². The molecule has 1 aliphatic rings. The molecule has 0 saturated heterocycles. The third-order valence-electron chi connectivity index (χ3n) is 3.10. The summed E-state index contributed by atoms with van der Waals surface area (Å²) in [6.07, 6.45) is 5.23. The largest absolute Gasteiger partial charge is 0.378 e. The highest BCUT2D eigenvalue weighted by molar-refractivity contribution is 7.89. The first kappa shape index (κ1) is 14.9. The highest BCUT2D eigenvalue weighted by atomic mass is 32.2. The average molecular weight is 265 g/mol. The van der Waals surface area contributed by atoms with E-state index < -0.39 is 10.0 Å². The molecule has 5 nitrogen and oxygen atoms in total. The number of hydrogen-bond acceptors (Lipinski definition) is 4. The molecule has 2 atom stereocenters. The van der Waals surface area contributed by atoms with Gasteiger partial charge in [0.1, 0.15) is 0 Å². The predicted octanol–water partition coefficient (Wildman–Crippen LogP) is 0.887. The molecule has 17 heavy (non-hydrogen) atoms. The fourth-order valence-electron chi connectivity index (χ4n) is 2.07. The minimum absolute atomic E-state index is 0.132. The molecule has 0 aliphatic heterocycles. The van der Waals surface area contributed by atoms with Gasteiger partial charge in [-0.05, 0) is 18.8 Å². The van der Waals surface area contributed by atoms with Crippen LogP contribution in [-0.4, -0.2) is 40.1 Å². The minimum atomic E-state index is -3.41. The quantitative estimate of drug-likeness (QED) is 0.693. The maximum Gasteiger partial charge on any atom is 0.211 e. The summed E-state index contributed by atoms with van der Waals surface area (Å²) < 4.78 is 32.1. The zero-order valence-electron chi connectivity index (χ0n) is 10.4. The highest BCUT2D eigenvalue weighted by Gasteiger charge is 2.21. The first-order valence-electron chi connectivity index (χ1n) is 6.19. The number of sulfonamides is 1. The summed E-state index contributed by atoms with van der Waals surface area (Å²) >= 11 is 0. The Labute approximate surface area is 104 Å². The Bertz CT molecular complexity index is 305. The van der Waals surface area contributed by atoms with Gasteiger partial charge in [0.05, 0.1) is 31.7 Å². The van der Waals surface area contributed by atoms with Crippen LogP contribution in [0.25, 0.3) is 0 Å². The van der Waals surface area contributed by atoms with Crippen LogP contribution >= 0.6 is 0 Å². The van der Waals surface area contributed by atoms with Gasteiger partial charge >= 0.3 is 0 Å². The van der Waals surface area contributed by atoms with Crippen LogP contribution in [0.5, 0.6) is 0 Å². The topological polar surface area (TPSA) is 78.6 Å². The number of nitrogens with two attached hydrogens (primary N) is 1. The van der Waals surface area contributed by atoms with Crippen LogP contribution < -0.4 is 5.14 Å². The van der Waals surface area contributed by atoms with Crippen molar-refractivity contribution in [3.8, 4) is 0 Å². The van der Waals surface area contributed by atoms with Crippen LogP contribution in [-0.2, 0) is 19.5 Å². The molecule has 0 aromatic carbocycles. The molecular weight excluding hydrogens is 242 g/mol. The van der Waals surface area contributed by atoms with E-state index in [9.17, 15) is 8.42 Å². The van der Waals surface area contributed by atoms with E-state index in [1.54, 1.807) is 0 Å². The lowest BCUT2D eigenvalue weighted by Crippen LogP contribution is -2.27. The lowest BCUT2D eigenvalue weighted by Gasteiger charge is -2.28. The van der Waals surface area contributed by atoms with E-state index in [0.717, 1.165) is 6.42 Å². The maximum absolute atomic E-state index is 10.6. The average Bonchev–Trinajstić information content (AvgIpc) is 2.24. The van der Waals surface area contributed by atoms with Crippen molar-refractivity contribution in [3.63, 3.8) is 0 Å². The molecule has 0 aromatic rings. The minimum Gasteiger partial charge on any atom is -0.378 e. The third kappa shape index (κ3) is 6.98. The number of rotatable bonds is 7. The molecule has 1 aliphatic carbocycles. The summed E-state index contributed by atoms with van der Waals surface area (Å²) in [5.74, 6) is 0.487. The monoisotopic (exact) mass is 265 g/mol. The second-order valence-electron chi connectivity index (χ2n) is 4.65. The molecule has 0 radical (unpaired) electrons. The lowest BCUT2D eigenvalue weighted by molar-refractivity contribution is -0.0315. The fraction of sp³-hybridized carbons (Fsp3) is 1.00. The molecule has 0 aromatic heterocycles. The van der Waals surface area contributed by atoms with Gasteiger partial charge in [-0.15, -0.1) is 0 Å². The van der Waals surface area contributed by atoms with E-state index in [-0.39, 0.29) is 12.4 Å². The van der Waals surface area contributed by atoms with Gasteiger partial charge in [-0.1, -0.05) is 19.8 Å². The van der Waals surface area contributed by atoms with Crippen molar-refractivity contribution in [2.45, 2.75) is 38.7 Å². The van der Waals surface area contributed by atoms with Gasteiger partial charge in [0, 0.05) is 0 Å². The standard InChI is InChI=1S/C11H23NO4S/c1-10-4-2-3-5-11(10)16-7-6-15-8-9-17(12,13)14/h10-11H,2-9H2,1H3,(H2,12,13,14). The molecule has 1 rings (SSSR count). The normalized spacial score (nSPS) is 26.0. The number of primary sulfonamides is 1. The van der Waals surface area contributed by atoms with Crippen molar-refractivity contribution >= 4 is 10.0 Å². The molecule has 2 unspecified atom stereocenters. The molecular formula is C11H23NO4S. The molecule has 0 amide bonds. The van der Waals surface area contributed by atoms with Crippen molar-refractivity contribution in [1.29, 1.82) is 0 Å². The highest BCUT2D eigenvalue weighted by Crippen LogP contribution is 2.25. The molecule has 102 valence electrons. The van der Waals surface area contributed by atoms with Crippen LogP contribution in [0.1, 0.15) is 32.6 Å². The Hall–Kier alpha value is -0.170. The van der Waals surface area contributed by atoms with Gasteiger partial charge in [-0.25, -0.2) is 13.6 Å². The van der Waals surface area contributed by atoms with Crippen molar-refractivity contribution in [1.82, 2.24) is 0 Å². The van der Waals surface area contributed by atoms with Crippen molar-refractivity contribution in [3.05, 3.63) is 0 Å². The van der Waals surface area contributed by atoms with Crippen LogP contribution in [0.2, 0.25) is 0 Å². The zero-order valence-corrected chi connectivity index (χ0v) is 11.2. The predicted molar refractivity (Wildman–Crippen MR) is 66.2 cm³/mol. The van der Waals surface area contributed by atoms with E-state index in [4.69, 9.17) is 14.6 Å². The van der Waals surface area contributed by atoms with Crippen molar-refractivity contribution in [2.75, 3.05) is 25.6 Å². The van der Waals surface area contributed by atoms with Crippen molar-refractivity contribution in [2.24, 2.45) is 11.1 Å². The van der Waals surface area contributed by atoms with E-state index in [1.807, 2.05) is 0 Å². The van der Waals surface area contributed by atoms with E-state index in [0.29, 0.717) is 25.2 Å². The molecule has 2 N–H and O–H groups in total. The smallest absolute Gasteiger partial charge is 0.211 e. The molecule has 1 fully saturated rings. The van der Waals surface area contributed by atoms with Crippen LogP contribution in [0.15, 0.2) is 0 Å². The Morgan fingerprint density at radius 1 is 1.18 bits per heavy atom. The first-order chi connectivity index (χ1) is 7.99. The molecule has 0 bridgehead atoms. The van der Waals surface area contributed by atoms with Gasteiger partial charge in [-0.3, -0.25) is 0 Å². The summed E-state index contributed by atoms with van der Waals surface area (Å²) in [6, 6.07) is 0. The fourth-order valence-corrected chi connectivity index (χ4v) is 2.42. The van der Waals surface area contributed by atoms with Gasteiger partial charge < -0.3 is 9.47 Å². The molecule has 0 heterocycles. The molecule has 6 heteroatoms. The summed E-state index contributed by atoms with van der Waals surface area (Å²) in [4.78, 5) is 0. The Balaban J connectivity index is 2.00. The van der Waals surface area contributed by atoms with Gasteiger partial charge in [-0.2, -0.15) is 0 Å². The number of hydrogen-bond donors (Lipinski definition) is 1. The Kier molecular flexibility index (Phi) is 6.40. The second-order valence-corrected chi connectivity index (χ2v) is 6.38. The SMILES string of the molecule is CC1CCCCC1OCCOCCS(N)(=O)=O. The maximum atomic E-state index is 10.6. The second kappa shape index (κ2) is 7.31. The summed E-state index contributed by atoms with van der Waals surface area (Å²) in [5.41, 5.74) is 0. The van der Waals surface area contributed by atoms with Gasteiger partial charge in [0.2, 0.25) is 10.0 Å². The molecule has 0 spiro atoms. The third-order valence-corrected chi connectivity index (χ3v) is 3.84. The zero-order chi connectivity index (χ0) is 12.7. The Morgan fingerprint density at radius 2 is 1.88 bits per heavy atom. The van der Waals surface area contributed by atoms with E-state index >= 15 is 0 Å². The summed E-state index contributed by atoms with van der Waals surface area (Å²) in [5, 5.41) is 4.85. The van der Waals surface area contributed by atoms with Crippen LogP contribution in [0.3, 0.4) is 0 Å². The van der Waals surface area contributed by atoms with Crippen LogP contribution in [0, 0.1) is 5.92 Å². The molecule has 1 saturated carbocycles. The van der Waals surface area contributed by atoms with Crippen molar-refractivity contribution < 1.29 is 17.9 Å². The lowest BCUT2D eigenvalue weighted by atomic mass is 9.88. The first-order valence-corrected chi connectivity index (χ1v) is 7.90.